The Balaban J connectivity index is 2.09. The molecular weight excluding hydrogens is 320 g/mol. The Hall–Kier alpha value is -3.04. The van der Waals surface area contributed by atoms with Gasteiger partial charge in [0, 0.05) is 13.2 Å². The van der Waals surface area contributed by atoms with Crippen LogP contribution in [0.1, 0.15) is 29.7 Å². The lowest BCUT2D eigenvalue weighted by molar-refractivity contribution is -0.133. The first kappa shape index (κ1) is 18.3. The number of rotatable bonds is 7. The molecule has 25 heavy (non-hydrogen) atoms. The minimum Gasteiger partial charge on any atom is -0.504 e. The molecule has 0 unspecified atom stereocenters. The fourth-order valence-corrected chi connectivity index (χ4v) is 2.34. The van der Waals surface area contributed by atoms with E-state index in [0.717, 1.165) is 5.56 Å². The molecule has 2 aromatic carbocycles. The first-order chi connectivity index (χ1) is 12.1. The molecule has 6 heteroatoms. The summed E-state index contributed by atoms with van der Waals surface area (Å²) < 4.78 is 10.5. The number of methoxy groups -OCH3 is 1. The van der Waals surface area contributed by atoms with E-state index in [2.05, 4.69) is 5.32 Å². The third-order valence-electron chi connectivity index (χ3n) is 3.63. The number of nitrogens with zero attached hydrogens (tertiary/aromatic N) is 1. The molecular formula is C19H20N2O4. The Bertz CT molecular complexity index is 766. The molecule has 2 aromatic rings. The lowest BCUT2D eigenvalue weighted by atomic mass is 10.1. The zero-order valence-electron chi connectivity index (χ0n) is 14.2. The van der Waals surface area contributed by atoms with Gasteiger partial charge < -0.3 is 19.9 Å². The molecule has 0 fully saturated rings. The van der Waals surface area contributed by atoms with E-state index >= 15 is 0 Å². The molecule has 1 amide bonds. The van der Waals surface area contributed by atoms with Crippen LogP contribution in [0, 0.1) is 11.3 Å². The van der Waals surface area contributed by atoms with Gasteiger partial charge in [0.05, 0.1) is 18.7 Å². The Labute approximate surface area is 146 Å². The van der Waals surface area contributed by atoms with Crippen molar-refractivity contribution in [1.29, 1.82) is 5.26 Å². The number of hydrogen-bond donors (Lipinski definition) is 2. The summed E-state index contributed by atoms with van der Waals surface area (Å²) in [6.07, 6.45) is -0.833. The van der Waals surface area contributed by atoms with Crippen molar-refractivity contribution < 1.29 is 19.4 Å². The Kier molecular flexibility index (Phi) is 6.38. The normalized spacial score (nSPS) is 11.4. The number of ether oxygens (including phenoxy) is 2. The molecule has 0 radical (unpaired) electrons. The van der Waals surface area contributed by atoms with Gasteiger partial charge in [-0.05, 0) is 42.3 Å². The molecule has 0 aliphatic rings. The topological polar surface area (TPSA) is 91.6 Å². The van der Waals surface area contributed by atoms with Crippen LogP contribution in [0.2, 0.25) is 0 Å². The molecule has 0 saturated heterocycles. The summed E-state index contributed by atoms with van der Waals surface area (Å²) in [4.78, 5) is 12.5. The maximum atomic E-state index is 12.5. The maximum absolute atomic E-state index is 12.5. The Morgan fingerprint density at radius 1 is 1.28 bits per heavy atom. The average Bonchev–Trinajstić information content (AvgIpc) is 2.64. The summed E-state index contributed by atoms with van der Waals surface area (Å²) in [5, 5.41) is 21.5. The third-order valence-corrected chi connectivity index (χ3v) is 3.63. The molecule has 0 aliphatic carbocycles. The summed E-state index contributed by atoms with van der Waals surface area (Å²) >= 11 is 0. The number of benzene rings is 2. The van der Waals surface area contributed by atoms with E-state index in [4.69, 9.17) is 14.7 Å². The number of nitriles is 1. The van der Waals surface area contributed by atoms with Crippen molar-refractivity contribution in [3.8, 4) is 17.6 Å². The fraction of sp³-hybridized carbons (Fsp3) is 0.263. The Morgan fingerprint density at radius 3 is 2.56 bits per heavy atom. The predicted molar refractivity (Wildman–Crippen MR) is 92.0 cm³/mol. The zero-order chi connectivity index (χ0) is 18.2. The van der Waals surface area contributed by atoms with Crippen LogP contribution >= 0.6 is 0 Å². The van der Waals surface area contributed by atoms with E-state index in [1.165, 1.54) is 13.2 Å². The molecule has 0 spiro atoms. The van der Waals surface area contributed by atoms with Crippen molar-refractivity contribution in [1.82, 2.24) is 5.32 Å². The van der Waals surface area contributed by atoms with Gasteiger partial charge in [0.2, 0.25) is 0 Å². The summed E-state index contributed by atoms with van der Waals surface area (Å²) in [5.41, 5.74) is 1.98. The summed E-state index contributed by atoms with van der Waals surface area (Å²) in [7, 11) is 1.46. The molecule has 6 nitrogen and oxygen atoms in total. The van der Waals surface area contributed by atoms with Crippen LogP contribution in [0.15, 0.2) is 42.5 Å². The molecule has 0 saturated carbocycles. The second kappa shape index (κ2) is 8.71. The minimum atomic E-state index is -0.833. The van der Waals surface area contributed by atoms with Crippen molar-refractivity contribution in [3.63, 3.8) is 0 Å². The molecule has 0 aromatic heterocycles. The van der Waals surface area contributed by atoms with Crippen LogP contribution in [-0.2, 0) is 16.1 Å². The molecule has 0 bridgehead atoms. The predicted octanol–water partition coefficient (Wildman–Crippen LogP) is 2.67. The largest absolute Gasteiger partial charge is 0.504 e. The number of carbonyl (C=O) groups excluding carboxylic acids is 1. The maximum Gasteiger partial charge on any atom is 0.254 e. The van der Waals surface area contributed by atoms with E-state index < -0.39 is 6.10 Å². The van der Waals surface area contributed by atoms with Crippen LogP contribution in [0.3, 0.4) is 0 Å². The summed E-state index contributed by atoms with van der Waals surface area (Å²) in [6, 6.07) is 13.7. The lowest BCUT2D eigenvalue weighted by Gasteiger charge is -2.18. The highest BCUT2D eigenvalue weighted by Gasteiger charge is 2.22. The number of aromatic hydroxyl groups is 1. The van der Waals surface area contributed by atoms with Gasteiger partial charge in [0.25, 0.3) is 5.91 Å². The number of carbonyl (C=O) groups is 1. The standard InChI is InChI=1S/C19H20N2O4/c1-3-25-18(15-8-9-17(24-2)16(22)10-15)19(23)21-12-14-6-4-13(11-20)5-7-14/h4-10,18,22H,3,12H2,1-2H3,(H,21,23)/t18-/m0/s1. The van der Waals surface area contributed by atoms with Gasteiger partial charge >= 0.3 is 0 Å². The quantitative estimate of drug-likeness (QED) is 0.808. The van der Waals surface area contributed by atoms with E-state index in [1.54, 1.807) is 43.3 Å². The highest BCUT2D eigenvalue weighted by atomic mass is 16.5. The van der Waals surface area contributed by atoms with E-state index in [0.29, 0.717) is 30.0 Å². The van der Waals surface area contributed by atoms with Gasteiger partial charge in [0.1, 0.15) is 0 Å². The van der Waals surface area contributed by atoms with E-state index in [9.17, 15) is 9.90 Å². The molecule has 0 aliphatic heterocycles. The van der Waals surface area contributed by atoms with Crippen LogP contribution in [0.25, 0.3) is 0 Å². The van der Waals surface area contributed by atoms with Gasteiger partial charge in [0.15, 0.2) is 17.6 Å². The number of nitrogens with one attached hydrogen (secondary N) is 1. The highest BCUT2D eigenvalue weighted by molar-refractivity contribution is 5.82. The molecule has 0 heterocycles. The molecule has 130 valence electrons. The SMILES string of the molecule is CCO[C@H](C(=O)NCc1ccc(C#N)cc1)c1ccc(OC)c(O)c1. The Morgan fingerprint density at radius 2 is 2.00 bits per heavy atom. The second-order valence-electron chi connectivity index (χ2n) is 5.29. The van der Waals surface area contributed by atoms with Crippen molar-refractivity contribution in [2.45, 2.75) is 19.6 Å². The van der Waals surface area contributed by atoms with Crippen LogP contribution < -0.4 is 10.1 Å². The summed E-state index contributed by atoms with van der Waals surface area (Å²) in [5.74, 6) is -0.0302. The second-order valence-corrected chi connectivity index (χ2v) is 5.29. The van der Waals surface area contributed by atoms with Gasteiger partial charge in [-0.25, -0.2) is 0 Å². The lowest BCUT2D eigenvalue weighted by Crippen LogP contribution is -2.30. The van der Waals surface area contributed by atoms with Crippen molar-refractivity contribution in [2.24, 2.45) is 0 Å². The van der Waals surface area contributed by atoms with Crippen molar-refractivity contribution in [3.05, 3.63) is 59.2 Å². The number of phenols is 1. The van der Waals surface area contributed by atoms with Crippen LogP contribution in [-0.4, -0.2) is 24.7 Å². The van der Waals surface area contributed by atoms with Gasteiger partial charge in [-0.15, -0.1) is 0 Å². The third kappa shape index (κ3) is 4.72. The van der Waals surface area contributed by atoms with E-state index in [1.807, 2.05) is 6.07 Å². The van der Waals surface area contributed by atoms with Crippen molar-refractivity contribution in [2.75, 3.05) is 13.7 Å². The smallest absolute Gasteiger partial charge is 0.254 e. The molecule has 1 atom stereocenters. The molecule has 2 rings (SSSR count). The highest BCUT2D eigenvalue weighted by Crippen LogP contribution is 2.30. The van der Waals surface area contributed by atoms with Crippen LogP contribution in [0.4, 0.5) is 0 Å². The zero-order valence-corrected chi connectivity index (χ0v) is 14.2. The summed E-state index contributed by atoms with van der Waals surface area (Å²) in [6.45, 7) is 2.46. The molecule has 2 N–H and O–H groups in total. The number of hydrogen-bond acceptors (Lipinski definition) is 5. The van der Waals surface area contributed by atoms with Crippen LogP contribution in [0.5, 0.6) is 11.5 Å². The fourth-order valence-electron chi connectivity index (χ4n) is 2.34. The van der Waals surface area contributed by atoms with Gasteiger partial charge in [-0.2, -0.15) is 5.26 Å². The van der Waals surface area contributed by atoms with Gasteiger partial charge in [-0.1, -0.05) is 18.2 Å². The number of phenolic OH excluding ortho intramolecular Hbond substituents is 1. The average molecular weight is 340 g/mol. The van der Waals surface area contributed by atoms with E-state index in [-0.39, 0.29) is 11.7 Å². The first-order valence-electron chi connectivity index (χ1n) is 7.84. The minimum absolute atomic E-state index is 0.0513. The monoisotopic (exact) mass is 340 g/mol. The number of amides is 1. The van der Waals surface area contributed by atoms with Crippen molar-refractivity contribution >= 4 is 5.91 Å². The first-order valence-corrected chi connectivity index (χ1v) is 7.84. The van der Waals surface area contributed by atoms with Gasteiger partial charge in [-0.3, -0.25) is 4.79 Å².